The van der Waals surface area contributed by atoms with Crippen LogP contribution in [0.1, 0.15) is 0 Å². The van der Waals surface area contributed by atoms with Crippen molar-refractivity contribution in [2.24, 2.45) is 0 Å². The smallest absolute Gasteiger partial charge is 0.269 e. The molecule has 7 rings (SSSR count). The van der Waals surface area contributed by atoms with Crippen LogP contribution in [0.4, 0.5) is 5.69 Å². The maximum atomic E-state index is 14.2. The zero-order valence-corrected chi connectivity index (χ0v) is 20.6. The van der Waals surface area contributed by atoms with Crippen molar-refractivity contribution in [3.63, 3.8) is 0 Å². The Balaban J connectivity index is 1.67. The van der Waals surface area contributed by atoms with Gasteiger partial charge in [-0.05, 0) is 59.0 Å². The summed E-state index contributed by atoms with van der Waals surface area (Å²) in [5.41, 5.74) is 4.69. The van der Waals surface area contributed by atoms with Gasteiger partial charge in [-0.25, -0.2) is 0 Å². The number of benzene rings is 5. The zero-order valence-electron chi connectivity index (χ0n) is 20.6. The van der Waals surface area contributed by atoms with Gasteiger partial charge in [0.1, 0.15) is 5.75 Å². The molecule has 0 aliphatic heterocycles. The number of aromatic nitrogens is 1. The van der Waals surface area contributed by atoms with Crippen LogP contribution in [-0.2, 0) is 0 Å². The second-order valence-electron chi connectivity index (χ2n) is 9.36. The van der Waals surface area contributed by atoms with Gasteiger partial charge in [-0.2, -0.15) is 0 Å². The Labute approximate surface area is 222 Å². The van der Waals surface area contributed by atoms with Gasteiger partial charge < -0.3 is 9.14 Å². The molecule has 5 aromatic carbocycles. The molecule has 0 amide bonds. The Hall–Kier alpha value is -5.49. The van der Waals surface area contributed by atoms with E-state index in [9.17, 15) is 14.9 Å². The van der Waals surface area contributed by atoms with E-state index >= 15 is 0 Å². The molecular formula is C33H20N2O4. The van der Waals surface area contributed by atoms with Crippen molar-refractivity contribution in [3.05, 3.63) is 142 Å². The molecular weight excluding hydrogens is 488 g/mol. The zero-order chi connectivity index (χ0) is 26.5. The van der Waals surface area contributed by atoms with E-state index in [1.807, 2.05) is 84.9 Å². The van der Waals surface area contributed by atoms with E-state index in [0.29, 0.717) is 11.1 Å². The number of para-hydroxylation sites is 2. The molecule has 2 aromatic heterocycles. The molecule has 0 bridgehead atoms. The number of fused-ring (bicyclic) bond motifs is 2. The highest BCUT2D eigenvalue weighted by molar-refractivity contribution is 6.14. The lowest BCUT2D eigenvalue weighted by molar-refractivity contribution is -0.384. The maximum Gasteiger partial charge on any atom is 0.269 e. The predicted octanol–water partition coefficient (Wildman–Crippen LogP) is 8.08. The highest BCUT2D eigenvalue weighted by Crippen LogP contribution is 2.44. The summed E-state index contributed by atoms with van der Waals surface area (Å²) in [6.45, 7) is 0. The molecule has 6 heteroatoms. The van der Waals surface area contributed by atoms with Gasteiger partial charge in [0, 0.05) is 23.1 Å². The van der Waals surface area contributed by atoms with Crippen LogP contribution >= 0.6 is 0 Å². The van der Waals surface area contributed by atoms with E-state index in [0.717, 1.165) is 44.2 Å². The van der Waals surface area contributed by atoms with Crippen LogP contribution in [0.25, 0.3) is 49.6 Å². The Morgan fingerprint density at radius 2 is 1.36 bits per heavy atom. The Kier molecular flexibility index (Phi) is 5.13. The predicted molar refractivity (Wildman–Crippen MR) is 154 cm³/mol. The van der Waals surface area contributed by atoms with Gasteiger partial charge in [-0.15, -0.1) is 0 Å². The molecule has 186 valence electrons. The molecule has 6 nitrogen and oxygen atoms in total. The summed E-state index contributed by atoms with van der Waals surface area (Å²) in [5, 5.41) is 13.8. The van der Waals surface area contributed by atoms with Gasteiger partial charge >= 0.3 is 0 Å². The lowest BCUT2D eigenvalue weighted by atomic mass is 9.97. The number of non-ortho nitro benzene ring substituents is 1. The number of hydrogen-bond acceptors (Lipinski definition) is 4. The van der Waals surface area contributed by atoms with Crippen LogP contribution in [0.3, 0.4) is 0 Å². The van der Waals surface area contributed by atoms with Crippen LogP contribution in [0.15, 0.2) is 126 Å². The largest absolute Gasteiger partial charge is 0.453 e. The molecule has 0 saturated heterocycles. The lowest BCUT2D eigenvalue weighted by Gasteiger charge is -2.11. The number of pyridine rings is 1. The fraction of sp³-hybridized carbons (Fsp3) is 0. The van der Waals surface area contributed by atoms with Gasteiger partial charge in [-0.1, -0.05) is 66.7 Å². The minimum atomic E-state index is -0.411. The number of ether oxygens (including phenoxy) is 1. The van der Waals surface area contributed by atoms with E-state index in [4.69, 9.17) is 4.74 Å². The highest BCUT2D eigenvalue weighted by Gasteiger charge is 2.26. The molecule has 0 N–H and O–H groups in total. The van der Waals surface area contributed by atoms with Gasteiger partial charge in [0.15, 0.2) is 5.75 Å². The Morgan fingerprint density at radius 1 is 0.692 bits per heavy atom. The van der Waals surface area contributed by atoms with E-state index in [2.05, 4.69) is 10.5 Å². The van der Waals surface area contributed by atoms with Gasteiger partial charge in [0.2, 0.25) is 5.43 Å². The van der Waals surface area contributed by atoms with Crippen molar-refractivity contribution in [1.29, 1.82) is 0 Å². The van der Waals surface area contributed by atoms with E-state index in [1.54, 1.807) is 18.2 Å². The third-order valence-corrected chi connectivity index (χ3v) is 7.06. The summed E-state index contributed by atoms with van der Waals surface area (Å²) in [4.78, 5) is 25.2. The first kappa shape index (κ1) is 22.7. The molecule has 0 fully saturated rings. The molecule has 0 saturated carbocycles. The summed E-state index contributed by atoms with van der Waals surface area (Å²) in [6, 6.07) is 37.4. The second-order valence-corrected chi connectivity index (χ2v) is 9.36. The summed E-state index contributed by atoms with van der Waals surface area (Å²) in [6.07, 6.45) is 0. The summed E-state index contributed by atoms with van der Waals surface area (Å²) >= 11 is 0. The summed E-state index contributed by atoms with van der Waals surface area (Å²) in [7, 11) is 0. The third-order valence-electron chi connectivity index (χ3n) is 7.06. The first-order chi connectivity index (χ1) is 19.1. The standard InChI is InChI=1S/C33H20N2O4/c36-33-28(39-26-12-5-2-6-13-26)20-24-19-23-11-7-8-14-27(23)34-31(22-15-17-25(18-16-22)35(37)38)29(30(33)32(24)34)21-9-3-1-4-10-21/h1-20H. The first-order valence-corrected chi connectivity index (χ1v) is 12.5. The summed E-state index contributed by atoms with van der Waals surface area (Å²) in [5.74, 6) is 0.817. The van der Waals surface area contributed by atoms with Crippen molar-refractivity contribution in [3.8, 4) is 33.9 Å². The van der Waals surface area contributed by atoms with Gasteiger partial charge in [-0.3, -0.25) is 14.9 Å². The number of nitro benzene ring substituents is 1. The molecule has 0 unspecified atom stereocenters. The quantitative estimate of drug-likeness (QED) is 0.134. The number of nitro groups is 1. The van der Waals surface area contributed by atoms with Crippen LogP contribution in [0.2, 0.25) is 0 Å². The van der Waals surface area contributed by atoms with E-state index in [-0.39, 0.29) is 16.9 Å². The molecule has 0 aliphatic carbocycles. The highest BCUT2D eigenvalue weighted by atomic mass is 16.6. The van der Waals surface area contributed by atoms with Crippen molar-refractivity contribution >= 4 is 32.9 Å². The Bertz CT molecular complexity index is 2070. The van der Waals surface area contributed by atoms with Crippen LogP contribution in [0, 0.1) is 10.1 Å². The fourth-order valence-electron chi connectivity index (χ4n) is 5.39. The SMILES string of the molecule is O=c1c(Oc2ccccc2)cc2cc3ccccc3n3c(-c4ccc([N+](=O)[O-])cc4)c(-c4ccccc4)c1c23. The van der Waals surface area contributed by atoms with Crippen molar-refractivity contribution in [1.82, 2.24) is 4.40 Å². The summed E-state index contributed by atoms with van der Waals surface area (Å²) < 4.78 is 8.25. The van der Waals surface area contributed by atoms with E-state index in [1.165, 1.54) is 12.1 Å². The minimum absolute atomic E-state index is 0.00671. The maximum absolute atomic E-state index is 14.2. The lowest BCUT2D eigenvalue weighted by Crippen LogP contribution is -2.06. The van der Waals surface area contributed by atoms with Crippen molar-refractivity contribution < 1.29 is 9.66 Å². The minimum Gasteiger partial charge on any atom is -0.453 e. The van der Waals surface area contributed by atoms with Crippen molar-refractivity contribution in [2.75, 3.05) is 0 Å². The average molecular weight is 509 g/mol. The molecule has 0 aliphatic rings. The third kappa shape index (κ3) is 3.61. The molecule has 39 heavy (non-hydrogen) atoms. The normalized spacial score (nSPS) is 11.4. The monoisotopic (exact) mass is 508 g/mol. The molecule has 7 aromatic rings. The van der Waals surface area contributed by atoms with Crippen LogP contribution in [0.5, 0.6) is 11.5 Å². The number of rotatable bonds is 5. The fourth-order valence-corrected chi connectivity index (χ4v) is 5.39. The number of hydrogen-bond donors (Lipinski definition) is 0. The molecule has 0 radical (unpaired) electrons. The molecule has 0 atom stereocenters. The van der Waals surface area contributed by atoms with Crippen molar-refractivity contribution in [2.45, 2.75) is 0 Å². The van der Waals surface area contributed by atoms with Gasteiger partial charge in [0.05, 0.1) is 27.0 Å². The average Bonchev–Trinajstić information content (AvgIpc) is 3.34. The van der Waals surface area contributed by atoms with Gasteiger partial charge in [0.25, 0.3) is 5.69 Å². The molecule has 0 spiro atoms. The van der Waals surface area contributed by atoms with Crippen LogP contribution in [-0.4, -0.2) is 9.32 Å². The topological polar surface area (TPSA) is 73.8 Å². The van der Waals surface area contributed by atoms with E-state index < -0.39 is 4.92 Å². The molecule has 2 heterocycles. The first-order valence-electron chi connectivity index (χ1n) is 12.5. The number of nitrogens with zero attached hydrogens (tertiary/aromatic N) is 2. The van der Waals surface area contributed by atoms with Crippen LogP contribution < -0.4 is 10.2 Å². The second kappa shape index (κ2) is 8.82. The Morgan fingerprint density at radius 3 is 2.08 bits per heavy atom.